The van der Waals surface area contributed by atoms with Crippen LogP contribution in [0.2, 0.25) is 0 Å². The first kappa shape index (κ1) is 13.6. The Bertz CT molecular complexity index is 540. The Kier molecular flexibility index (Phi) is 4.58. The van der Waals surface area contributed by atoms with E-state index in [0.29, 0.717) is 6.54 Å². The number of phenolic OH excluding ortho intramolecular Hbond substituents is 1. The smallest absolute Gasteiger partial charge is 0.120 e. The maximum atomic E-state index is 9.79. The van der Waals surface area contributed by atoms with Crippen molar-refractivity contribution in [2.45, 2.75) is 11.4 Å². The van der Waals surface area contributed by atoms with E-state index < -0.39 is 0 Å². The van der Waals surface area contributed by atoms with Gasteiger partial charge in [-0.3, -0.25) is 0 Å². The normalized spacial score (nSPS) is 10.2. The molecule has 3 nitrogen and oxygen atoms in total. The Hall–Kier alpha value is -1.81. The second-order valence-electron chi connectivity index (χ2n) is 4.08. The minimum Gasteiger partial charge on any atom is -0.508 e. The van der Waals surface area contributed by atoms with Gasteiger partial charge in [-0.05, 0) is 48.7 Å². The molecule has 0 atom stereocenters. The van der Waals surface area contributed by atoms with Crippen LogP contribution in [0.5, 0.6) is 11.5 Å². The molecule has 2 N–H and O–H groups in total. The highest BCUT2D eigenvalue weighted by Crippen LogP contribution is 2.24. The highest BCUT2D eigenvalue weighted by Gasteiger charge is 2.03. The van der Waals surface area contributed by atoms with Crippen LogP contribution in [-0.4, -0.2) is 18.5 Å². The van der Waals surface area contributed by atoms with E-state index in [-0.39, 0.29) is 5.75 Å². The Labute approximate surface area is 117 Å². The van der Waals surface area contributed by atoms with Crippen LogP contribution in [0.1, 0.15) is 5.56 Å². The molecule has 100 valence electrons. The van der Waals surface area contributed by atoms with E-state index in [0.717, 1.165) is 17.0 Å². The van der Waals surface area contributed by atoms with Crippen molar-refractivity contribution in [1.82, 2.24) is 0 Å². The Balaban J connectivity index is 2.05. The maximum Gasteiger partial charge on any atom is 0.120 e. The summed E-state index contributed by atoms with van der Waals surface area (Å²) < 4.78 is 5.15. The van der Waals surface area contributed by atoms with E-state index >= 15 is 0 Å². The monoisotopic (exact) mass is 275 g/mol. The van der Waals surface area contributed by atoms with Gasteiger partial charge in [0.05, 0.1) is 7.11 Å². The number of anilines is 1. The fourth-order valence-corrected chi connectivity index (χ4v) is 2.14. The quantitative estimate of drug-likeness (QED) is 0.816. The number of methoxy groups -OCH3 is 1. The highest BCUT2D eigenvalue weighted by molar-refractivity contribution is 7.98. The SMILES string of the molecule is COc1ccc(O)c(CNc2ccc(SC)cc2)c1. The second-order valence-corrected chi connectivity index (χ2v) is 4.96. The van der Waals surface area contributed by atoms with E-state index in [1.54, 1.807) is 31.0 Å². The van der Waals surface area contributed by atoms with Crippen LogP contribution in [0.3, 0.4) is 0 Å². The van der Waals surface area contributed by atoms with Gasteiger partial charge in [-0.15, -0.1) is 11.8 Å². The predicted octanol–water partition coefficient (Wildman–Crippen LogP) is 3.73. The summed E-state index contributed by atoms with van der Waals surface area (Å²) >= 11 is 1.72. The molecule has 19 heavy (non-hydrogen) atoms. The summed E-state index contributed by atoms with van der Waals surface area (Å²) in [4.78, 5) is 1.23. The second kappa shape index (κ2) is 6.38. The van der Waals surface area contributed by atoms with Crippen LogP contribution < -0.4 is 10.1 Å². The van der Waals surface area contributed by atoms with Crippen molar-refractivity contribution in [2.24, 2.45) is 0 Å². The Morgan fingerprint density at radius 2 is 1.89 bits per heavy atom. The van der Waals surface area contributed by atoms with E-state index in [4.69, 9.17) is 4.74 Å². The van der Waals surface area contributed by atoms with Crippen LogP contribution >= 0.6 is 11.8 Å². The molecule has 0 fully saturated rings. The van der Waals surface area contributed by atoms with Crippen molar-refractivity contribution in [3.05, 3.63) is 48.0 Å². The van der Waals surface area contributed by atoms with Gasteiger partial charge in [0, 0.05) is 22.7 Å². The fraction of sp³-hybridized carbons (Fsp3) is 0.200. The van der Waals surface area contributed by atoms with Gasteiger partial charge < -0.3 is 15.2 Å². The number of aromatic hydroxyl groups is 1. The molecule has 0 saturated carbocycles. The average molecular weight is 275 g/mol. The summed E-state index contributed by atoms with van der Waals surface area (Å²) in [5, 5.41) is 13.1. The third kappa shape index (κ3) is 3.58. The summed E-state index contributed by atoms with van der Waals surface area (Å²) in [6.07, 6.45) is 2.05. The summed E-state index contributed by atoms with van der Waals surface area (Å²) in [7, 11) is 1.62. The van der Waals surface area contributed by atoms with Crippen molar-refractivity contribution >= 4 is 17.4 Å². The van der Waals surface area contributed by atoms with Gasteiger partial charge in [-0.1, -0.05) is 0 Å². The molecule has 0 spiro atoms. The molecule has 0 amide bonds. The molecule has 0 unspecified atom stereocenters. The third-order valence-electron chi connectivity index (χ3n) is 2.86. The first-order chi connectivity index (χ1) is 9.22. The van der Waals surface area contributed by atoms with Crippen LogP contribution in [-0.2, 0) is 6.54 Å². The Morgan fingerprint density at radius 1 is 1.16 bits per heavy atom. The molecule has 2 aromatic carbocycles. The Morgan fingerprint density at radius 3 is 2.53 bits per heavy atom. The van der Waals surface area contributed by atoms with Gasteiger partial charge in [0.25, 0.3) is 0 Å². The lowest BCUT2D eigenvalue weighted by atomic mass is 10.2. The minimum atomic E-state index is 0.272. The highest BCUT2D eigenvalue weighted by atomic mass is 32.2. The zero-order chi connectivity index (χ0) is 13.7. The third-order valence-corrected chi connectivity index (χ3v) is 3.60. The van der Waals surface area contributed by atoms with Gasteiger partial charge in [-0.2, -0.15) is 0 Å². The molecule has 2 rings (SSSR count). The number of phenols is 1. The van der Waals surface area contributed by atoms with Crippen LogP contribution in [0.25, 0.3) is 0 Å². The largest absolute Gasteiger partial charge is 0.508 e. The lowest BCUT2D eigenvalue weighted by Gasteiger charge is -2.10. The molecule has 0 radical (unpaired) electrons. The first-order valence-electron chi connectivity index (χ1n) is 5.96. The van der Waals surface area contributed by atoms with E-state index in [2.05, 4.69) is 23.7 Å². The number of hydrogen-bond donors (Lipinski definition) is 2. The first-order valence-corrected chi connectivity index (χ1v) is 7.19. The fourth-order valence-electron chi connectivity index (χ4n) is 1.74. The molecule has 4 heteroatoms. The molecule has 0 aliphatic rings. The lowest BCUT2D eigenvalue weighted by molar-refractivity contribution is 0.411. The standard InChI is InChI=1S/C15H17NO2S/c1-18-13-5-8-15(17)11(9-13)10-16-12-3-6-14(19-2)7-4-12/h3-9,16-17H,10H2,1-2H3. The molecule has 0 bridgehead atoms. The van der Waals surface area contributed by atoms with E-state index in [1.165, 1.54) is 4.90 Å². The zero-order valence-electron chi connectivity index (χ0n) is 11.0. The summed E-state index contributed by atoms with van der Waals surface area (Å²) in [6.45, 7) is 0.557. The maximum absolute atomic E-state index is 9.79. The number of ether oxygens (including phenoxy) is 1. The average Bonchev–Trinajstić information content (AvgIpc) is 2.47. The van der Waals surface area contributed by atoms with Crippen LogP contribution in [0, 0.1) is 0 Å². The minimum absolute atomic E-state index is 0.272. The van der Waals surface area contributed by atoms with Crippen LogP contribution in [0.4, 0.5) is 5.69 Å². The molecule has 0 aliphatic carbocycles. The molecule has 2 aromatic rings. The number of hydrogen-bond acceptors (Lipinski definition) is 4. The van der Waals surface area contributed by atoms with Gasteiger partial charge >= 0.3 is 0 Å². The van der Waals surface area contributed by atoms with Crippen LogP contribution in [0.15, 0.2) is 47.4 Å². The van der Waals surface area contributed by atoms with Crippen molar-refractivity contribution in [2.75, 3.05) is 18.7 Å². The van der Waals surface area contributed by atoms with Crippen molar-refractivity contribution in [3.8, 4) is 11.5 Å². The molecule has 0 aliphatic heterocycles. The number of benzene rings is 2. The molecule has 0 saturated heterocycles. The van der Waals surface area contributed by atoms with Gasteiger partial charge in [0.15, 0.2) is 0 Å². The van der Waals surface area contributed by atoms with E-state index in [1.807, 2.05) is 18.2 Å². The molecule has 0 aromatic heterocycles. The molecule has 0 heterocycles. The summed E-state index contributed by atoms with van der Waals surface area (Å²) in [5.41, 5.74) is 1.84. The lowest BCUT2D eigenvalue weighted by Crippen LogP contribution is -2.00. The van der Waals surface area contributed by atoms with Crippen molar-refractivity contribution in [3.63, 3.8) is 0 Å². The number of nitrogens with one attached hydrogen (secondary N) is 1. The van der Waals surface area contributed by atoms with Gasteiger partial charge in [0.2, 0.25) is 0 Å². The number of thioether (sulfide) groups is 1. The number of rotatable bonds is 5. The summed E-state index contributed by atoms with van der Waals surface area (Å²) in [6, 6.07) is 13.4. The summed E-state index contributed by atoms with van der Waals surface area (Å²) in [5.74, 6) is 1.02. The predicted molar refractivity (Wildman–Crippen MR) is 80.2 cm³/mol. The molecular formula is C15H17NO2S. The van der Waals surface area contributed by atoms with Gasteiger partial charge in [-0.25, -0.2) is 0 Å². The van der Waals surface area contributed by atoms with Crippen molar-refractivity contribution < 1.29 is 9.84 Å². The van der Waals surface area contributed by atoms with E-state index in [9.17, 15) is 5.11 Å². The topological polar surface area (TPSA) is 41.5 Å². The molecular weight excluding hydrogens is 258 g/mol. The zero-order valence-corrected chi connectivity index (χ0v) is 11.8. The van der Waals surface area contributed by atoms with Crippen molar-refractivity contribution in [1.29, 1.82) is 0 Å². The van der Waals surface area contributed by atoms with Gasteiger partial charge in [0.1, 0.15) is 11.5 Å².